The van der Waals surface area contributed by atoms with Gasteiger partial charge in [0.15, 0.2) is 0 Å². The number of rotatable bonds is 4. The fourth-order valence-electron chi connectivity index (χ4n) is 2.00. The van der Waals surface area contributed by atoms with Gasteiger partial charge in [0.05, 0.1) is 18.8 Å². The van der Waals surface area contributed by atoms with Crippen molar-refractivity contribution in [2.45, 2.75) is 6.18 Å². The lowest BCUT2D eigenvalue weighted by Crippen LogP contribution is -2.39. The van der Waals surface area contributed by atoms with Crippen LogP contribution in [-0.4, -0.2) is 49.3 Å². The average Bonchev–Trinajstić information content (AvgIpc) is 2.47. The van der Waals surface area contributed by atoms with Crippen molar-refractivity contribution in [1.29, 1.82) is 5.26 Å². The summed E-state index contributed by atoms with van der Waals surface area (Å²) in [6.07, 6.45) is -4.52. The quantitative estimate of drug-likeness (QED) is 0.917. The molecule has 2 heterocycles. The van der Waals surface area contributed by atoms with Gasteiger partial charge in [-0.25, -0.2) is 4.98 Å². The van der Waals surface area contributed by atoms with E-state index in [2.05, 4.69) is 15.2 Å². The number of aromatic nitrogens is 1. The molecule has 5 nitrogen and oxygen atoms in total. The first kappa shape index (κ1) is 15.5. The monoisotopic (exact) mass is 300 g/mol. The highest BCUT2D eigenvalue weighted by Crippen LogP contribution is 2.29. The van der Waals surface area contributed by atoms with E-state index in [1.807, 2.05) is 6.07 Å². The number of hydrogen-bond acceptors (Lipinski definition) is 5. The lowest BCUT2D eigenvalue weighted by Gasteiger charge is -2.26. The van der Waals surface area contributed by atoms with E-state index in [0.29, 0.717) is 26.3 Å². The molecule has 1 aromatic heterocycles. The van der Waals surface area contributed by atoms with E-state index in [9.17, 15) is 13.2 Å². The van der Waals surface area contributed by atoms with Crippen molar-refractivity contribution in [3.8, 4) is 6.07 Å². The van der Waals surface area contributed by atoms with E-state index in [1.54, 1.807) is 0 Å². The van der Waals surface area contributed by atoms with Gasteiger partial charge in [-0.1, -0.05) is 0 Å². The van der Waals surface area contributed by atoms with Crippen LogP contribution in [0.5, 0.6) is 0 Å². The van der Waals surface area contributed by atoms with Gasteiger partial charge in [0.2, 0.25) is 0 Å². The summed E-state index contributed by atoms with van der Waals surface area (Å²) in [6, 6.07) is 3.78. The van der Waals surface area contributed by atoms with Gasteiger partial charge in [0.1, 0.15) is 17.6 Å². The van der Waals surface area contributed by atoms with E-state index >= 15 is 0 Å². The van der Waals surface area contributed by atoms with Crippen molar-refractivity contribution < 1.29 is 17.9 Å². The zero-order chi connectivity index (χ0) is 15.3. The maximum atomic E-state index is 12.6. The molecule has 1 aliphatic rings. The molecule has 21 heavy (non-hydrogen) atoms. The minimum Gasteiger partial charge on any atom is -0.379 e. The Bertz CT molecular complexity index is 521. The first-order valence-electron chi connectivity index (χ1n) is 6.53. The number of nitriles is 1. The predicted octanol–water partition coefficient (Wildman–Crippen LogP) is 1.72. The third kappa shape index (κ3) is 4.31. The number of morpholine rings is 1. The first-order valence-corrected chi connectivity index (χ1v) is 6.53. The zero-order valence-electron chi connectivity index (χ0n) is 11.3. The molecule has 0 aliphatic carbocycles. The molecule has 1 aromatic rings. The Morgan fingerprint density at radius 3 is 2.67 bits per heavy atom. The van der Waals surface area contributed by atoms with Gasteiger partial charge in [0, 0.05) is 26.2 Å². The molecule has 1 N–H and O–H groups in total. The third-order valence-electron chi connectivity index (χ3n) is 3.13. The van der Waals surface area contributed by atoms with E-state index in [0.717, 1.165) is 25.2 Å². The summed E-state index contributed by atoms with van der Waals surface area (Å²) in [5, 5.41) is 11.7. The fourth-order valence-corrected chi connectivity index (χ4v) is 2.00. The molecule has 0 spiro atoms. The van der Waals surface area contributed by atoms with Gasteiger partial charge in [-0.3, -0.25) is 4.90 Å². The molecule has 0 atom stereocenters. The largest absolute Gasteiger partial charge is 0.433 e. The predicted molar refractivity (Wildman–Crippen MR) is 69.7 cm³/mol. The molecule has 0 unspecified atom stereocenters. The second-order valence-corrected chi connectivity index (χ2v) is 4.58. The number of hydrogen-bond donors (Lipinski definition) is 1. The second kappa shape index (κ2) is 6.74. The Balaban J connectivity index is 1.99. The Morgan fingerprint density at radius 2 is 2.05 bits per heavy atom. The Kier molecular flexibility index (Phi) is 4.98. The molecule has 1 aliphatic heterocycles. The van der Waals surface area contributed by atoms with Crippen molar-refractivity contribution >= 4 is 5.82 Å². The lowest BCUT2D eigenvalue weighted by molar-refractivity contribution is -0.141. The maximum Gasteiger partial charge on any atom is 0.433 e. The van der Waals surface area contributed by atoms with E-state index in [-0.39, 0.29) is 11.4 Å². The highest BCUT2D eigenvalue weighted by molar-refractivity contribution is 5.52. The summed E-state index contributed by atoms with van der Waals surface area (Å²) >= 11 is 0. The average molecular weight is 300 g/mol. The van der Waals surface area contributed by atoms with Crippen molar-refractivity contribution in [3.05, 3.63) is 23.4 Å². The van der Waals surface area contributed by atoms with E-state index in [4.69, 9.17) is 10.00 Å². The summed E-state index contributed by atoms with van der Waals surface area (Å²) in [6.45, 7) is 3.98. The molecular formula is C13H15F3N4O. The van der Waals surface area contributed by atoms with Gasteiger partial charge >= 0.3 is 6.18 Å². The molecule has 0 radical (unpaired) electrons. The number of halogens is 3. The number of nitrogens with one attached hydrogen (secondary N) is 1. The van der Waals surface area contributed by atoms with Gasteiger partial charge in [0.25, 0.3) is 0 Å². The Labute approximate surface area is 120 Å². The van der Waals surface area contributed by atoms with Crippen LogP contribution in [0.3, 0.4) is 0 Å². The number of alkyl halides is 3. The number of nitrogens with zero attached hydrogens (tertiary/aromatic N) is 3. The molecular weight excluding hydrogens is 285 g/mol. The summed E-state index contributed by atoms with van der Waals surface area (Å²) in [7, 11) is 0. The molecule has 2 rings (SSSR count). The van der Waals surface area contributed by atoms with Gasteiger partial charge in [-0.15, -0.1) is 0 Å². The van der Waals surface area contributed by atoms with Gasteiger partial charge in [-0.2, -0.15) is 18.4 Å². The summed E-state index contributed by atoms with van der Waals surface area (Å²) in [5.74, 6) is -0.0272. The fraction of sp³-hybridized carbons (Fsp3) is 0.538. The third-order valence-corrected chi connectivity index (χ3v) is 3.13. The molecule has 1 saturated heterocycles. The topological polar surface area (TPSA) is 61.2 Å². The molecule has 1 fully saturated rings. The van der Waals surface area contributed by atoms with Crippen molar-refractivity contribution in [1.82, 2.24) is 9.88 Å². The van der Waals surface area contributed by atoms with E-state index in [1.165, 1.54) is 0 Å². The Hall–Kier alpha value is -1.85. The normalized spacial score (nSPS) is 16.5. The van der Waals surface area contributed by atoms with Gasteiger partial charge < -0.3 is 10.1 Å². The van der Waals surface area contributed by atoms with Crippen LogP contribution in [-0.2, 0) is 10.9 Å². The van der Waals surface area contributed by atoms with Crippen LogP contribution in [0.15, 0.2) is 12.1 Å². The molecule has 0 saturated carbocycles. The molecule has 114 valence electrons. The molecule has 0 aromatic carbocycles. The van der Waals surface area contributed by atoms with Crippen LogP contribution in [0.2, 0.25) is 0 Å². The lowest BCUT2D eigenvalue weighted by atomic mass is 10.2. The van der Waals surface area contributed by atoms with Gasteiger partial charge in [-0.05, 0) is 12.1 Å². The zero-order valence-corrected chi connectivity index (χ0v) is 11.3. The summed E-state index contributed by atoms with van der Waals surface area (Å²) in [5.41, 5.74) is -0.902. The van der Waals surface area contributed by atoms with Crippen LogP contribution in [0, 0.1) is 11.3 Å². The number of pyridine rings is 1. The van der Waals surface area contributed by atoms with Crippen LogP contribution in [0.4, 0.5) is 19.0 Å². The molecule has 8 heteroatoms. The minimum absolute atomic E-state index is 0.0272. The standard InChI is InChI=1S/C13H15F3N4O/c14-13(15,16)11-2-1-10(9-17)12(19-11)18-3-4-20-5-7-21-8-6-20/h1-2H,3-8H2,(H,18,19). The van der Waals surface area contributed by atoms with Crippen molar-refractivity contribution in [2.24, 2.45) is 0 Å². The summed E-state index contributed by atoms with van der Waals surface area (Å²) in [4.78, 5) is 5.63. The SMILES string of the molecule is N#Cc1ccc(C(F)(F)F)nc1NCCN1CCOCC1. The van der Waals surface area contributed by atoms with Crippen LogP contribution < -0.4 is 5.32 Å². The van der Waals surface area contributed by atoms with E-state index < -0.39 is 11.9 Å². The van der Waals surface area contributed by atoms with Crippen LogP contribution in [0.1, 0.15) is 11.3 Å². The first-order chi connectivity index (χ1) is 10.0. The summed E-state index contributed by atoms with van der Waals surface area (Å²) < 4.78 is 43.1. The smallest absolute Gasteiger partial charge is 0.379 e. The highest BCUT2D eigenvalue weighted by Gasteiger charge is 2.33. The molecule has 0 bridgehead atoms. The van der Waals surface area contributed by atoms with Crippen LogP contribution in [0.25, 0.3) is 0 Å². The Morgan fingerprint density at radius 1 is 1.33 bits per heavy atom. The number of anilines is 1. The highest BCUT2D eigenvalue weighted by atomic mass is 19.4. The van der Waals surface area contributed by atoms with Crippen LogP contribution >= 0.6 is 0 Å². The maximum absolute atomic E-state index is 12.6. The van der Waals surface area contributed by atoms with Crippen molar-refractivity contribution in [2.75, 3.05) is 44.7 Å². The minimum atomic E-state index is -4.52. The second-order valence-electron chi connectivity index (χ2n) is 4.58. The molecule has 0 amide bonds. The number of ether oxygens (including phenoxy) is 1. The van der Waals surface area contributed by atoms with Crippen molar-refractivity contribution in [3.63, 3.8) is 0 Å².